The molecule has 8 aromatic rings. The van der Waals surface area contributed by atoms with E-state index < -0.39 is 305 Å². The van der Waals surface area contributed by atoms with Gasteiger partial charge in [0.25, 0.3) is 0 Å². The Morgan fingerprint density at radius 3 is 0.631 bits per heavy atom. The van der Waals surface area contributed by atoms with Crippen LogP contribution in [0.15, 0.2) is 97.1 Å². The summed E-state index contributed by atoms with van der Waals surface area (Å²) in [5.41, 5.74) is -8.03. The zero-order valence-corrected chi connectivity index (χ0v) is 54.9. The van der Waals surface area contributed by atoms with Gasteiger partial charge in [-0.3, -0.25) is 0 Å². The fourth-order valence-corrected chi connectivity index (χ4v) is 10.6. The highest BCUT2D eigenvalue weighted by molar-refractivity contribution is 5.96. The molecule has 43 heteroatoms. The molecule has 2 heterocycles. The van der Waals surface area contributed by atoms with Crippen LogP contribution < -0.4 is 0 Å². The molecular weight excluding hydrogens is 1500 g/mol. The summed E-state index contributed by atoms with van der Waals surface area (Å²) >= 11 is 0. The fourth-order valence-electron chi connectivity index (χ4n) is 10.6. The van der Waals surface area contributed by atoms with Crippen LogP contribution in [-0.4, -0.2) is 245 Å². The van der Waals surface area contributed by atoms with Gasteiger partial charge in [-0.2, -0.15) is 0 Å². The maximum atomic E-state index is 15.0. The first-order valence-corrected chi connectivity index (χ1v) is 30.8. The first kappa shape index (κ1) is 78.2. The first-order valence-electron chi connectivity index (χ1n) is 30.8. The molecule has 2 aliphatic heterocycles. The van der Waals surface area contributed by atoms with Gasteiger partial charge in [0, 0.05) is 0 Å². The second-order valence-electron chi connectivity index (χ2n) is 23.5. The number of phenolic OH excluding ortho intramolecular Hbond substituents is 24. The van der Waals surface area contributed by atoms with E-state index in [4.69, 9.17) is 52.1 Å². The quantitative estimate of drug-likeness (QED) is 0.0296. The van der Waals surface area contributed by atoms with Crippen LogP contribution in [0.4, 0.5) is 0 Å². The maximum Gasteiger partial charge on any atom is 0.340 e. The summed E-state index contributed by atoms with van der Waals surface area (Å²) in [6, 6.07) is 6.65. The lowest BCUT2D eigenvalue weighted by atomic mass is 9.95. The van der Waals surface area contributed by atoms with Gasteiger partial charge >= 0.3 is 47.8 Å². The SMILES string of the molecule is O=C(OC[C@H]1O[C@H](O[C@H]2[C@H](OC(=O)c3cc(O)c(O)c(O)c3)[C@@H](OC(=O)c3cc(O)c(O)c(O)c3)[C@@H](OC(=O)c3cc(O)c(O)c(O)c3)O[C@@H]2COC(=O)c2cc(O)c(O)c(O)c2)[C@H](OC(=O)c2cc(O)c(O)c(O)c2)[C@@H](OC(=O)c2cc(O)c(O)c(O)c2)[C@@H]1OC(=O)c1cc(O)c(O)c(O)c1)c1cc(O)c(O)c(O)c1. The van der Waals surface area contributed by atoms with Crippen molar-refractivity contribution in [1.82, 2.24) is 0 Å². The van der Waals surface area contributed by atoms with Crippen molar-refractivity contribution >= 4 is 47.8 Å². The van der Waals surface area contributed by atoms with Gasteiger partial charge in [-0.15, -0.1) is 0 Å². The normalized spacial score (nSPS) is 19.3. The lowest BCUT2D eigenvalue weighted by Crippen LogP contribution is -2.67. The number of ether oxygens (including phenoxy) is 11. The molecular formula is C68H54O43. The Hall–Kier alpha value is -15.4. The van der Waals surface area contributed by atoms with Gasteiger partial charge in [-0.05, 0) is 97.1 Å². The highest BCUT2D eigenvalue weighted by Crippen LogP contribution is 2.46. The molecule has 0 amide bonds. The smallest absolute Gasteiger partial charge is 0.340 e. The summed E-state index contributed by atoms with van der Waals surface area (Å²) in [6.07, 6.45) is -29.2. The van der Waals surface area contributed by atoms with Crippen LogP contribution in [0.25, 0.3) is 0 Å². The average molecular weight is 1560 g/mol. The van der Waals surface area contributed by atoms with Crippen LogP contribution in [0.1, 0.15) is 82.9 Å². The molecule has 24 N–H and O–H groups in total. The Balaban J connectivity index is 1.25. The maximum absolute atomic E-state index is 15.0. The molecule has 0 spiro atoms. The van der Waals surface area contributed by atoms with Gasteiger partial charge in [-0.25, -0.2) is 38.4 Å². The molecule has 0 bridgehead atoms. The third-order valence-corrected chi connectivity index (χ3v) is 16.1. The second kappa shape index (κ2) is 31.0. The van der Waals surface area contributed by atoms with E-state index in [-0.39, 0.29) is 0 Å². The molecule has 111 heavy (non-hydrogen) atoms. The van der Waals surface area contributed by atoms with E-state index in [1.165, 1.54) is 0 Å². The van der Waals surface area contributed by atoms with E-state index in [0.29, 0.717) is 97.1 Å². The molecule has 0 radical (unpaired) electrons. The van der Waals surface area contributed by atoms with Crippen LogP contribution in [0, 0.1) is 0 Å². The first-order chi connectivity index (χ1) is 52.2. The summed E-state index contributed by atoms with van der Waals surface area (Å²) in [6.45, 7) is -3.24. The number of aromatic hydroxyl groups is 24. The van der Waals surface area contributed by atoms with Crippen molar-refractivity contribution in [2.24, 2.45) is 0 Å². The van der Waals surface area contributed by atoms with E-state index >= 15 is 0 Å². The molecule has 10 rings (SSSR count). The molecule has 2 fully saturated rings. The Morgan fingerprint density at radius 1 is 0.216 bits per heavy atom. The van der Waals surface area contributed by atoms with Crippen molar-refractivity contribution in [3.8, 4) is 138 Å². The zero-order chi connectivity index (χ0) is 81.4. The minimum atomic E-state index is -3.11. The van der Waals surface area contributed by atoms with Crippen LogP contribution in [0.3, 0.4) is 0 Å². The second-order valence-corrected chi connectivity index (χ2v) is 23.5. The van der Waals surface area contributed by atoms with Crippen molar-refractivity contribution in [3.63, 3.8) is 0 Å². The number of carbonyl (C=O) groups excluding carboxylic acids is 8. The van der Waals surface area contributed by atoms with Crippen molar-refractivity contribution in [3.05, 3.63) is 142 Å². The van der Waals surface area contributed by atoms with Crippen molar-refractivity contribution < 1.29 is 213 Å². The van der Waals surface area contributed by atoms with Gasteiger partial charge in [0.2, 0.25) is 12.4 Å². The Morgan fingerprint density at radius 2 is 0.387 bits per heavy atom. The van der Waals surface area contributed by atoms with Crippen LogP contribution in [0.2, 0.25) is 0 Å². The number of phenols is 24. The summed E-state index contributed by atoms with van der Waals surface area (Å²) in [5.74, 6) is -45.5. The topological polar surface area (TPSA) is 724 Å². The van der Waals surface area contributed by atoms with Gasteiger partial charge in [-0.1, -0.05) is 0 Å². The van der Waals surface area contributed by atoms with E-state index in [0.717, 1.165) is 0 Å². The largest absolute Gasteiger partial charge is 0.504 e. The Kier molecular flexibility index (Phi) is 21.8. The fraction of sp³-hybridized carbons (Fsp3) is 0.176. The standard InChI is InChI=1S/C68H54O43/c69-27-1-19(2-28(70)45(27)85)59(93)101-17-43-53(105-61(95)21-5-31(73)47(87)32(74)6-21)55(106-62(96)22-7-33(75)48(88)34(76)8-22)57(108-64(98)24-11-37(79)50(90)38(80)12-24)67(103-43)110-54-44(18-102-60(94)20-3-29(71)46(86)30(72)4-20)104-68(111-66(100)26-15-41(83)52(92)42(84)16-26)58(109-65(99)25-13-39(81)51(91)40(82)14-25)56(54)107-63(97)23-9-35(77)49(89)36(78)10-23/h1-16,43-44,53-58,67-92H,17-18H2/t43-,44-,53-,54-,55+,56+,57-,58-,67-,68-/m1/s1. The van der Waals surface area contributed by atoms with Gasteiger partial charge < -0.3 is 175 Å². The third kappa shape index (κ3) is 16.4. The van der Waals surface area contributed by atoms with Crippen LogP contribution in [0.5, 0.6) is 138 Å². The molecule has 0 unspecified atom stereocenters. The molecule has 2 aliphatic rings. The van der Waals surface area contributed by atoms with Crippen molar-refractivity contribution in [2.45, 2.75) is 61.4 Å². The molecule has 0 aliphatic carbocycles. The zero-order valence-electron chi connectivity index (χ0n) is 54.9. The Bertz CT molecular complexity index is 4920. The molecule has 8 aromatic carbocycles. The third-order valence-electron chi connectivity index (χ3n) is 16.1. The molecule has 43 nitrogen and oxygen atoms in total. The van der Waals surface area contributed by atoms with Gasteiger partial charge in [0.05, 0.1) is 44.5 Å². The number of rotatable bonds is 20. The van der Waals surface area contributed by atoms with E-state index in [9.17, 15) is 161 Å². The molecule has 2 saturated heterocycles. The Labute approximate surface area is 613 Å². The summed E-state index contributed by atoms with van der Waals surface area (Å²) in [5, 5.41) is 251. The molecule has 0 aromatic heterocycles. The van der Waals surface area contributed by atoms with E-state index in [2.05, 4.69) is 0 Å². The van der Waals surface area contributed by atoms with E-state index in [1.807, 2.05) is 0 Å². The van der Waals surface area contributed by atoms with Gasteiger partial charge in [0.15, 0.2) is 169 Å². The minimum Gasteiger partial charge on any atom is -0.504 e. The van der Waals surface area contributed by atoms with Gasteiger partial charge in [0.1, 0.15) is 31.5 Å². The van der Waals surface area contributed by atoms with Crippen molar-refractivity contribution in [2.75, 3.05) is 13.2 Å². The predicted octanol–water partition coefficient (Wildman–Crippen LogP) is 2.45. The number of hydrogen-bond donors (Lipinski definition) is 24. The van der Waals surface area contributed by atoms with E-state index in [1.54, 1.807) is 0 Å². The lowest BCUT2D eigenvalue weighted by molar-refractivity contribution is -0.351. The van der Waals surface area contributed by atoms with Crippen LogP contribution >= 0.6 is 0 Å². The molecule has 584 valence electrons. The highest BCUT2D eigenvalue weighted by Gasteiger charge is 2.59. The summed E-state index contributed by atoms with van der Waals surface area (Å²) in [7, 11) is 0. The number of esters is 8. The summed E-state index contributed by atoms with van der Waals surface area (Å²) in [4.78, 5) is 117. The average Bonchev–Trinajstić information content (AvgIpc) is 0.752. The van der Waals surface area contributed by atoms with Crippen molar-refractivity contribution in [1.29, 1.82) is 0 Å². The number of carbonyl (C=O) groups is 8. The highest BCUT2D eigenvalue weighted by atomic mass is 16.8. The lowest BCUT2D eigenvalue weighted by Gasteiger charge is -2.48. The number of benzene rings is 8. The molecule has 0 saturated carbocycles. The predicted molar refractivity (Wildman–Crippen MR) is 346 cm³/mol. The number of hydrogen-bond acceptors (Lipinski definition) is 43. The van der Waals surface area contributed by atoms with Crippen LogP contribution in [-0.2, 0) is 52.1 Å². The molecule has 10 atom stereocenters. The monoisotopic (exact) mass is 1560 g/mol. The minimum absolute atomic E-state index is 0.374. The summed E-state index contributed by atoms with van der Waals surface area (Å²) < 4.78 is 64.8.